The molecule has 0 saturated carbocycles. The molecule has 4 aromatic rings. The van der Waals surface area contributed by atoms with Crippen LogP contribution in [0.5, 0.6) is 0 Å². The van der Waals surface area contributed by atoms with Gasteiger partial charge in [0.1, 0.15) is 6.23 Å². The van der Waals surface area contributed by atoms with Gasteiger partial charge in [-0.25, -0.2) is 0 Å². The van der Waals surface area contributed by atoms with Crippen LogP contribution in [-0.4, -0.2) is 52.1 Å². The molecule has 5 heteroatoms. The summed E-state index contributed by atoms with van der Waals surface area (Å²) in [4.78, 5) is 9.00. The average molecular weight is 479 g/mol. The summed E-state index contributed by atoms with van der Waals surface area (Å²) in [5.74, 6) is 0. The van der Waals surface area contributed by atoms with Crippen LogP contribution in [0.3, 0.4) is 0 Å². The van der Waals surface area contributed by atoms with Gasteiger partial charge in [-0.2, -0.15) is 0 Å². The van der Waals surface area contributed by atoms with Crippen molar-refractivity contribution in [3.63, 3.8) is 0 Å². The van der Waals surface area contributed by atoms with E-state index in [1.165, 1.54) is 16.7 Å². The lowest BCUT2D eigenvalue weighted by Crippen LogP contribution is -2.58. The number of aliphatic hydroxyl groups excluding tert-OH is 1. The molecule has 2 unspecified atom stereocenters. The van der Waals surface area contributed by atoms with Crippen molar-refractivity contribution in [1.29, 1.82) is 0 Å². The minimum atomic E-state index is -0.663. The van der Waals surface area contributed by atoms with Crippen LogP contribution in [0.2, 0.25) is 0 Å². The van der Waals surface area contributed by atoms with E-state index in [0.29, 0.717) is 0 Å². The minimum Gasteiger partial charge on any atom is -0.374 e. The molecular formula is C31H34N4O. The highest BCUT2D eigenvalue weighted by molar-refractivity contribution is 5.32. The first-order chi connectivity index (χ1) is 17.8. The molecule has 5 nitrogen and oxygen atoms in total. The van der Waals surface area contributed by atoms with Crippen molar-refractivity contribution < 1.29 is 5.11 Å². The van der Waals surface area contributed by atoms with Gasteiger partial charge in [-0.05, 0) is 22.8 Å². The van der Waals surface area contributed by atoms with E-state index < -0.39 is 6.23 Å². The third-order valence-electron chi connectivity index (χ3n) is 7.00. The molecule has 0 bridgehead atoms. The van der Waals surface area contributed by atoms with Gasteiger partial charge in [0.05, 0.1) is 6.04 Å². The molecule has 0 spiro atoms. The lowest BCUT2D eigenvalue weighted by molar-refractivity contribution is -0.0538. The predicted molar refractivity (Wildman–Crippen MR) is 144 cm³/mol. The Hall–Kier alpha value is -3.35. The molecule has 3 aromatic carbocycles. The summed E-state index contributed by atoms with van der Waals surface area (Å²) in [6.07, 6.45) is 2.84. The summed E-state index contributed by atoms with van der Waals surface area (Å²) in [6.45, 7) is 4.03. The van der Waals surface area contributed by atoms with Gasteiger partial charge in [0.15, 0.2) is 0 Å². The standard InChI is InChI=1S/C31H34N4O/c36-31(28-17-10-18-32-22-28)34-19-20-35(29(24-34)23-33-21-25-11-4-1-5-12-25)30(26-13-6-2-7-14-26)27-15-8-3-9-16-27/h1-18,22,29-31,33,36H,19-21,23-24H2. The maximum absolute atomic E-state index is 11.2. The van der Waals surface area contributed by atoms with Crippen molar-refractivity contribution in [3.8, 4) is 0 Å². The number of hydrogen-bond donors (Lipinski definition) is 2. The van der Waals surface area contributed by atoms with E-state index in [1.807, 2.05) is 18.2 Å². The fourth-order valence-electron chi connectivity index (χ4n) is 5.20. The number of aliphatic hydroxyl groups is 1. The van der Waals surface area contributed by atoms with Crippen LogP contribution in [0, 0.1) is 0 Å². The van der Waals surface area contributed by atoms with Crippen molar-refractivity contribution in [2.45, 2.75) is 24.9 Å². The fraction of sp³-hybridized carbons (Fsp3) is 0.258. The van der Waals surface area contributed by atoms with Crippen molar-refractivity contribution in [1.82, 2.24) is 20.1 Å². The SMILES string of the molecule is OC(c1cccnc1)N1CCN(C(c2ccccc2)c2ccccc2)C(CNCc2ccccc2)C1. The van der Waals surface area contributed by atoms with Crippen molar-refractivity contribution in [3.05, 3.63) is 138 Å². The van der Waals surface area contributed by atoms with Crippen LogP contribution in [-0.2, 0) is 6.54 Å². The maximum Gasteiger partial charge on any atom is 0.135 e. The lowest BCUT2D eigenvalue weighted by atomic mass is 9.94. The summed E-state index contributed by atoms with van der Waals surface area (Å²) in [5.41, 5.74) is 4.69. The lowest BCUT2D eigenvalue weighted by Gasteiger charge is -2.47. The molecule has 1 aliphatic heterocycles. The van der Waals surface area contributed by atoms with Gasteiger partial charge in [-0.15, -0.1) is 0 Å². The Morgan fingerprint density at radius 3 is 2.00 bits per heavy atom. The van der Waals surface area contributed by atoms with Gasteiger partial charge in [0.2, 0.25) is 0 Å². The van der Waals surface area contributed by atoms with Crippen molar-refractivity contribution in [2.75, 3.05) is 26.2 Å². The number of hydrogen-bond acceptors (Lipinski definition) is 5. The van der Waals surface area contributed by atoms with Gasteiger partial charge in [0.25, 0.3) is 0 Å². The Labute approximate surface area is 214 Å². The molecular weight excluding hydrogens is 444 g/mol. The molecule has 1 saturated heterocycles. The molecule has 184 valence electrons. The molecule has 36 heavy (non-hydrogen) atoms. The van der Waals surface area contributed by atoms with Gasteiger partial charge in [0, 0.05) is 56.7 Å². The smallest absolute Gasteiger partial charge is 0.135 e. The summed E-state index contributed by atoms with van der Waals surface area (Å²) >= 11 is 0. The number of nitrogens with zero attached hydrogens (tertiary/aromatic N) is 3. The monoisotopic (exact) mass is 478 g/mol. The molecule has 2 heterocycles. The third kappa shape index (κ3) is 5.89. The molecule has 2 atom stereocenters. The van der Waals surface area contributed by atoms with E-state index in [2.05, 4.69) is 105 Å². The molecule has 0 amide bonds. The molecule has 5 rings (SSSR count). The first-order valence-corrected chi connectivity index (χ1v) is 12.7. The highest BCUT2D eigenvalue weighted by Gasteiger charge is 2.35. The first-order valence-electron chi connectivity index (χ1n) is 12.7. The summed E-state index contributed by atoms with van der Waals surface area (Å²) < 4.78 is 0. The van der Waals surface area contributed by atoms with E-state index in [0.717, 1.165) is 38.3 Å². The van der Waals surface area contributed by atoms with E-state index in [1.54, 1.807) is 12.4 Å². The second-order valence-electron chi connectivity index (χ2n) is 9.39. The molecule has 1 aromatic heterocycles. The Morgan fingerprint density at radius 1 is 0.778 bits per heavy atom. The van der Waals surface area contributed by atoms with Crippen molar-refractivity contribution >= 4 is 0 Å². The molecule has 2 N–H and O–H groups in total. The van der Waals surface area contributed by atoms with Crippen LogP contribution in [0.25, 0.3) is 0 Å². The number of aromatic nitrogens is 1. The molecule has 1 aliphatic rings. The van der Waals surface area contributed by atoms with E-state index in [-0.39, 0.29) is 12.1 Å². The Kier molecular flexibility index (Phi) is 8.16. The van der Waals surface area contributed by atoms with Crippen LogP contribution in [0.4, 0.5) is 0 Å². The third-order valence-corrected chi connectivity index (χ3v) is 7.00. The highest BCUT2D eigenvalue weighted by Crippen LogP contribution is 2.33. The minimum absolute atomic E-state index is 0.147. The van der Waals surface area contributed by atoms with Crippen molar-refractivity contribution in [2.24, 2.45) is 0 Å². The van der Waals surface area contributed by atoms with E-state index in [9.17, 15) is 5.11 Å². The van der Waals surface area contributed by atoms with Crippen LogP contribution >= 0.6 is 0 Å². The average Bonchev–Trinajstić information content (AvgIpc) is 2.96. The zero-order valence-corrected chi connectivity index (χ0v) is 20.5. The molecule has 1 fully saturated rings. The summed E-state index contributed by atoms with van der Waals surface area (Å²) in [7, 11) is 0. The van der Waals surface area contributed by atoms with Gasteiger partial charge in [-0.3, -0.25) is 14.8 Å². The Balaban J connectivity index is 1.41. The van der Waals surface area contributed by atoms with Gasteiger partial charge in [-0.1, -0.05) is 97.1 Å². The number of pyridine rings is 1. The zero-order valence-electron chi connectivity index (χ0n) is 20.5. The number of nitrogens with one attached hydrogen (secondary N) is 1. The normalized spacial score (nSPS) is 17.8. The van der Waals surface area contributed by atoms with Crippen LogP contribution in [0.1, 0.15) is 34.5 Å². The van der Waals surface area contributed by atoms with Crippen LogP contribution in [0.15, 0.2) is 116 Å². The van der Waals surface area contributed by atoms with Crippen LogP contribution < -0.4 is 5.32 Å². The van der Waals surface area contributed by atoms with Gasteiger partial charge < -0.3 is 10.4 Å². The first kappa shape index (κ1) is 24.3. The fourth-order valence-corrected chi connectivity index (χ4v) is 5.20. The molecule has 0 radical (unpaired) electrons. The second-order valence-corrected chi connectivity index (χ2v) is 9.39. The van der Waals surface area contributed by atoms with E-state index >= 15 is 0 Å². The zero-order chi connectivity index (χ0) is 24.6. The van der Waals surface area contributed by atoms with Gasteiger partial charge >= 0.3 is 0 Å². The number of rotatable bonds is 9. The predicted octanol–water partition coefficient (Wildman–Crippen LogP) is 4.64. The Bertz CT molecular complexity index is 1130. The maximum atomic E-state index is 11.2. The van der Waals surface area contributed by atoms with E-state index in [4.69, 9.17) is 0 Å². The second kappa shape index (κ2) is 12.1. The Morgan fingerprint density at radius 2 is 1.39 bits per heavy atom. The number of piperazine rings is 1. The largest absolute Gasteiger partial charge is 0.374 e. The summed E-state index contributed by atoms with van der Waals surface area (Å²) in [6, 6.07) is 36.2. The molecule has 0 aliphatic carbocycles. The quantitative estimate of drug-likeness (QED) is 0.367. The highest BCUT2D eigenvalue weighted by atomic mass is 16.3. The topological polar surface area (TPSA) is 51.6 Å². The summed E-state index contributed by atoms with van der Waals surface area (Å²) in [5, 5.41) is 14.9. The number of benzene rings is 3.